The predicted molar refractivity (Wildman–Crippen MR) is 102 cm³/mol. The molecule has 1 amide bonds. The number of hydrogen-bond donors (Lipinski definition) is 0. The van der Waals surface area contributed by atoms with Crippen molar-refractivity contribution in [3.8, 4) is 0 Å². The van der Waals surface area contributed by atoms with E-state index < -0.39 is 44.0 Å². The molecule has 1 fully saturated rings. The Morgan fingerprint density at radius 1 is 1.13 bits per heavy atom. The van der Waals surface area contributed by atoms with E-state index in [1.807, 2.05) is 0 Å². The molecule has 162 valence electrons. The number of thioether (sulfide) groups is 1. The van der Waals surface area contributed by atoms with Gasteiger partial charge in [0.15, 0.2) is 0 Å². The van der Waals surface area contributed by atoms with E-state index in [4.69, 9.17) is 11.6 Å². The third kappa shape index (κ3) is 5.05. The van der Waals surface area contributed by atoms with Crippen molar-refractivity contribution in [3.05, 3.63) is 52.9 Å². The molecule has 1 saturated heterocycles. The highest BCUT2D eigenvalue weighted by Crippen LogP contribution is 2.37. The highest BCUT2D eigenvalue weighted by atomic mass is 35.5. The van der Waals surface area contributed by atoms with Crippen LogP contribution in [0.4, 0.5) is 17.6 Å². The maximum absolute atomic E-state index is 13.3. The van der Waals surface area contributed by atoms with Gasteiger partial charge in [0.05, 0.1) is 15.5 Å². The van der Waals surface area contributed by atoms with Crippen molar-refractivity contribution >= 4 is 39.3 Å². The number of benzene rings is 1. The van der Waals surface area contributed by atoms with Gasteiger partial charge in [0, 0.05) is 44.1 Å². The quantitative estimate of drug-likeness (QED) is 0.490. The largest absolute Gasteiger partial charge is 0.447 e. The summed E-state index contributed by atoms with van der Waals surface area (Å²) in [4.78, 5) is 17.4. The summed E-state index contributed by atoms with van der Waals surface area (Å²) in [5, 5.41) is -0.804. The first-order valence-electron chi connectivity index (χ1n) is 8.44. The van der Waals surface area contributed by atoms with Gasteiger partial charge in [-0.3, -0.25) is 4.79 Å². The fourth-order valence-corrected chi connectivity index (χ4v) is 5.13. The number of halogens is 5. The summed E-state index contributed by atoms with van der Waals surface area (Å²) in [6, 6.07) is 5.63. The van der Waals surface area contributed by atoms with Gasteiger partial charge < -0.3 is 4.90 Å². The van der Waals surface area contributed by atoms with Gasteiger partial charge in [-0.15, -0.1) is 0 Å². The first-order chi connectivity index (χ1) is 14.0. The molecule has 30 heavy (non-hydrogen) atoms. The van der Waals surface area contributed by atoms with Crippen LogP contribution in [0.1, 0.15) is 10.4 Å². The second kappa shape index (κ2) is 8.69. The van der Waals surface area contributed by atoms with Crippen LogP contribution in [0.3, 0.4) is 0 Å². The number of alkyl halides is 3. The van der Waals surface area contributed by atoms with E-state index in [0.717, 1.165) is 28.7 Å². The molecule has 2 aromatic rings. The Bertz CT molecular complexity index is 1060. The fourth-order valence-electron chi connectivity index (χ4n) is 2.83. The van der Waals surface area contributed by atoms with E-state index >= 15 is 0 Å². The van der Waals surface area contributed by atoms with Crippen LogP contribution in [0.2, 0.25) is 5.02 Å². The van der Waals surface area contributed by atoms with Crippen LogP contribution in [-0.2, 0) is 10.0 Å². The van der Waals surface area contributed by atoms with Crippen LogP contribution in [0.15, 0.2) is 46.5 Å². The summed E-state index contributed by atoms with van der Waals surface area (Å²) in [7, 11) is -3.97. The van der Waals surface area contributed by atoms with Gasteiger partial charge in [-0.1, -0.05) is 11.6 Å². The van der Waals surface area contributed by atoms with E-state index in [1.54, 1.807) is 0 Å². The molecule has 0 atom stereocenters. The first-order valence-corrected chi connectivity index (χ1v) is 11.1. The highest BCUT2D eigenvalue weighted by Gasteiger charge is 2.35. The molecule has 0 saturated carbocycles. The third-order valence-corrected chi connectivity index (χ3v) is 7.20. The Morgan fingerprint density at radius 3 is 2.40 bits per heavy atom. The molecule has 1 aliphatic heterocycles. The molecule has 0 unspecified atom stereocenters. The third-order valence-electron chi connectivity index (χ3n) is 4.27. The molecule has 0 N–H and O–H groups in total. The van der Waals surface area contributed by atoms with Gasteiger partial charge in [-0.2, -0.15) is 17.5 Å². The molecule has 2 heterocycles. The average Bonchev–Trinajstić information content (AvgIpc) is 2.69. The maximum Gasteiger partial charge on any atom is 0.447 e. The van der Waals surface area contributed by atoms with Crippen molar-refractivity contribution < 1.29 is 30.8 Å². The number of amides is 1. The van der Waals surface area contributed by atoms with Crippen LogP contribution in [-0.4, -0.2) is 60.2 Å². The topological polar surface area (TPSA) is 70.6 Å². The number of hydrogen-bond acceptors (Lipinski definition) is 5. The molecule has 0 aliphatic carbocycles. The second-order valence-corrected chi connectivity index (χ2v) is 9.57. The Morgan fingerprint density at radius 2 is 1.80 bits per heavy atom. The number of piperazine rings is 1. The SMILES string of the molecule is O=C(c1cccnc1SC(F)(F)F)N1CCN(S(=O)(=O)c2ccc(F)c(Cl)c2)CC1. The van der Waals surface area contributed by atoms with Gasteiger partial charge in [0.25, 0.3) is 5.91 Å². The van der Waals surface area contributed by atoms with Gasteiger partial charge in [-0.25, -0.2) is 17.8 Å². The molecule has 0 radical (unpaired) electrons. The minimum absolute atomic E-state index is 0.0298. The Labute approximate surface area is 178 Å². The van der Waals surface area contributed by atoms with Gasteiger partial charge in [0.1, 0.15) is 10.8 Å². The zero-order chi connectivity index (χ0) is 22.1. The van der Waals surface area contributed by atoms with E-state index in [1.165, 1.54) is 17.0 Å². The maximum atomic E-state index is 13.3. The van der Waals surface area contributed by atoms with Crippen molar-refractivity contribution in [2.45, 2.75) is 15.4 Å². The summed E-state index contributed by atoms with van der Waals surface area (Å²) in [5.41, 5.74) is -4.81. The van der Waals surface area contributed by atoms with Gasteiger partial charge in [0.2, 0.25) is 10.0 Å². The molecule has 1 aliphatic rings. The normalized spacial score (nSPS) is 16.0. The highest BCUT2D eigenvalue weighted by molar-refractivity contribution is 8.00. The first kappa shape index (κ1) is 22.8. The average molecular weight is 484 g/mol. The Balaban J connectivity index is 1.73. The standard InChI is InChI=1S/C17H14ClF4N3O3S2/c18-13-10-11(3-4-14(13)19)30(27,28)25-8-6-24(7-9-25)16(26)12-2-1-5-23-15(12)29-17(20,21)22/h1-5,10H,6-9H2. The van der Waals surface area contributed by atoms with Gasteiger partial charge in [-0.05, 0) is 30.3 Å². The number of sulfonamides is 1. The molecular weight excluding hydrogens is 470 g/mol. The molecule has 0 bridgehead atoms. The van der Waals surface area contributed by atoms with Crippen molar-refractivity contribution in [2.75, 3.05) is 26.2 Å². The lowest BCUT2D eigenvalue weighted by molar-refractivity contribution is -0.0329. The van der Waals surface area contributed by atoms with E-state index in [9.17, 15) is 30.8 Å². The molecule has 1 aromatic carbocycles. The van der Waals surface area contributed by atoms with Crippen molar-refractivity contribution in [1.82, 2.24) is 14.2 Å². The summed E-state index contributed by atoms with van der Waals surface area (Å²) in [5.74, 6) is -1.42. The summed E-state index contributed by atoms with van der Waals surface area (Å²) < 4.78 is 78.0. The number of carbonyl (C=O) groups excluding carboxylic acids is 1. The number of nitrogens with zero attached hydrogens (tertiary/aromatic N) is 3. The predicted octanol–water partition coefficient (Wildman–Crippen LogP) is 3.63. The van der Waals surface area contributed by atoms with Crippen LogP contribution in [0.5, 0.6) is 0 Å². The molecular formula is C17H14ClF4N3O3S2. The molecule has 6 nitrogen and oxygen atoms in total. The van der Waals surface area contributed by atoms with E-state index in [2.05, 4.69) is 4.98 Å². The van der Waals surface area contributed by atoms with E-state index in [0.29, 0.717) is 0 Å². The summed E-state index contributed by atoms with van der Waals surface area (Å²) in [6.45, 7) is -0.216. The number of carbonyl (C=O) groups is 1. The minimum atomic E-state index is -4.60. The molecule has 13 heteroatoms. The minimum Gasteiger partial charge on any atom is -0.336 e. The monoisotopic (exact) mass is 483 g/mol. The van der Waals surface area contributed by atoms with Crippen LogP contribution < -0.4 is 0 Å². The molecule has 0 spiro atoms. The lowest BCUT2D eigenvalue weighted by Crippen LogP contribution is -2.50. The summed E-state index contributed by atoms with van der Waals surface area (Å²) in [6.07, 6.45) is 1.16. The number of rotatable bonds is 4. The molecule has 3 rings (SSSR count). The Kier molecular flexibility index (Phi) is 6.60. The van der Waals surface area contributed by atoms with Crippen LogP contribution >= 0.6 is 23.4 Å². The zero-order valence-corrected chi connectivity index (χ0v) is 17.5. The van der Waals surface area contributed by atoms with Crippen LogP contribution in [0.25, 0.3) is 0 Å². The second-order valence-electron chi connectivity index (χ2n) is 6.18. The van der Waals surface area contributed by atoms with Crippen molar-refractivity contribution in [2.24, 2.45) is 0 Å². The number of aromatic nitrogens is 1. The fraction of sp³-hybridized carbons (Fsp3) is 0.294. The van der Waals surface area contributed by atoms with E-state index in [-0.39, 0.29) is 41.7 Å². The lowest BCUT2D eigenvalue weighted by atomic mass is 10.2. The van der Waals surface area contributed by atoms with Gasteiger partial charge >= 0.3 is 5.51 Å². The number of pyridine rings is 1. The van der Waals surface area contributed by atoms with Crippen molar-refractivity contribution in [3.63, 3.8) is 0 Å². The Hall–Kier alpha value is -1.89. The smallest absolute Gasteiger partial charge is 0.336 e. The lowest BCUT2D eigenvalue weighted by Gasteiger charge is -2.34. The summed E-state index contributed by atoms with van der Waals surface area (Å²) >= 11 is 5.17. The van der Waals surface area contributed by atoms with Crippen molar-refractivity contribution in [1.29, 1.82) is 0 Å². The zero-order valence-electron chi connectivity index (χ0n) is 15.1. The van der Waals surface area contributed by atoms with Crippen LogP contribution in [0, 0.1) is 5.82 Å². The molecule has 1 aromatic heterocycles.